The highest BCUT2D eigenvalue weighted by atomic mass is 16.5. The van der Waals surface area contributed by atoms with Gasteiger partial charge in [-0.15, -0.1) is 0 Å². The average molecular weight is 359 g/mol. The predicted octanol–water partition coefficient (Wildman–Crippen LogP) is 2.75. The van der Waals surface area contributed by atoms with Crippen LogP contribution in [0, 0.1) is 0 Å². The molecule has 6 heteroatoms. The smallest absolute Gasteiger partial charge is 0.270 e. The Morgan fingerprint density at radius 2 is 2.08 bits per heavy atom. The number of amides is 1. The first kappa shape index (κ1) is 17.4. The Bertz CT molecular complexity index is 786. The monoisotopic (exact) mass is 359 g/mol. The Labute approximate surface area is 155 Å². The summed E-state index contributed by atoms with van der Waals surface area (Å²) in [6, 6.07) is 8.50. The van der Waals surface area contributed by atoms with E-state index in [0.717, 1.165) is 36.2 Å². The summed E-state index contributed by atoms with van der Waals surface area (Å²) in [6.07, 6.45) is 1.30. The number of H-pyrrole nitrogens is 1. The zero-order chi connectivity index (χ0) is 18.1. The van der Waals surface area contributed by atoms with E-state index in [-0.39, 0.29) is 13.4 Å². The lowest BCUT2D eigenvalue weighted by molar-refractivity contribution is 0.0299. The number of aromatic nitrogens is 1. The number of hydrogen-bond acceptors (Lipinski definition) is 4. The molecule has 26 heavy (non-hydrogen) atoms. The van der Waals surface area contributed by atoms with Crippen molar-refractivity contribution in [3.8, 4) is 5.75 Å². The van der Waals surface area contributed by atoms with Crippen molar-refractivity contribution in [2.45, 2.75) is 32.4 Å². The molecule has 1 atom stereocenters. The molecule has 6 nitrogen and oxygen atoms in total. The van der Waals surface area contributed by atoms with Crippen LogP contribution in [0.2, 0.25) is 0 Å². The molecule has 2 fully saturated rings. The molecule has 0 aliphatic carbocycles. The Morgan fingerprint density at radius 3 is 2.81 bits per heavy atom. The van der Waals surface area contributed by atoms with E-state index in [9.17, 15) is 4.79 Å². The van der Waals surface area contributed by atoms with Crippen molar-refractivity contribution in [2.75, 3.05) is 39.4 Å². The number of carbonyl (C=O) groups is 1. The number of carbonyl (C=O) groups excluding carboxylic acids is 1. The van der Waals surface area contributed by atoms with Crippen molar-refractivity contribution in [2.24, 2.45) is 0 Å². The van der Waals surface area contributed by atoms with Crippen LogP contribution in [0.3, 0.4) is 0 Å². The number of aromatic amines is 1. The van der Waals surface area contributed by atoms with E-state index in [2.05, 4.69) is 23.7 Å². The molecule has 1 N–H and O–H groups in total. The van der Waals surface area contributed by atoms with Crippen molar-refractivity contribution >= 4 is 16.8 Å². The third-order valence-corrected chi connectivity index (χ3v) is 5.33. The number of morpholine rings is 1. The van der Waals surface area contributed by atoms with Gasteiger partial charge in [0.1, 0.15) is 17.5 Å². The van der Waals surface area contributed by atoms with Crippen LogP contribution in [-0.2, 0) is 4.74 Å². The molecule has 2 aromatic rings. The minimum absolute atomic E-state index is 0. The van der Waals surface area contributed by atoms with E-state index >= 15 is 0 Å². The quantitative estimate of drug-likeness (QED) is 0.912. The van der Waals surface area contributed by atoms with Gasteiger partial charge in [0.05, 0.1) is 13.2 Å². The first-order valence-corrected chi connectivity index (χ1v) is 9.50. The highest BCUT2D eigenvalue weighted by Crippen LogP contribution is 2.25. The molecular formula is C20H29N3O3. The number of benzene rings is 1. The van der Waals surface area contributed by atoms with Gasteiger partial charge in [-0.1, -0.05) is 0 Å². The van der Waals surface area contributed by atoms with Crippen LogP contribution in [-0.4, -0.2) is 72.2 Å². The number of likely N-dealkylation sites (tertiary alicyclic amines) is 1. The topological polar surface area (TPSA) is 57.8 Å². The first-order chi connectivity index (χ1) is 12.6. The summed E-state index contributed by atoms with van der Waals surface area (Å²) in [7, 11) is 0. The molecule has 0 radical (unpaired) electrons. The summed E-state index contributed by atoms with van der Waals surface area (Å²) >= 11 is 0. The largest absolute Gasteiger partial charge is 0.489 e. The molecule has 0 bridgehead atoms. The highest BCUT2D eigenvalue weighted by Gasteiger charge is 2.26. The summed E-state index contributed by atoms with van der Waals surface area (Å²) in [6.45, 7) is 9.03. The second-order valence-electron chi connectivity index (χ2n) is 7.45. The fourth-order valence-corrected chi connectivity index (χ4v) is 3.75. The predicted molar refractivity (Wildman–Crippen MR) is 103 cm³/mol. The van der Waals surface area contributed by atoms with E-state index in [0.29, 0.717) is 38.0 Å². The molecule has 3 heterocycles. The molecular weight excluding hydrogens is 330 g/mol. The second kappa shape index (κ2) is 7.29. The Morgan fingerprint density at radius 1 is 1.27 bits per heavy atom. The van der Waals surface area contributed by atoms with Crippen LogP contribution in [0.1, 0.15) is 32.2 Å². The van der Waals surface area contributed by atoms with Gasteiger partial charge >= 0.3 is 0 Å². The van der Waals surface area contributed by atoms with Crippen LogP contribution in [0.15, 0.2) is 24.3 Å². The molecule has 142 valence electrons. The second-order valence-corrected chi connectivity index (χ2v) is 7.45. The highest BCUT2D eigenvalue weighted by molar-refractivity contribution is 5.98. The molecule has 1 aromatic carbocycles. The molecule has 2 saturated heterocycles. The standard InChI is InChI=1S/C20H27N3O3.H2/c1-14(2)23-6-5-17(13-23)26-16-3-4-18-15(11-16)12-19(21-18)20(24)22-7-9-25-10-8-22;/h3-4,11-12,14,17,21H,5-10,13H2,1-2H3;1H. The van der Waals surface area contributed by atoms with Gasteiger partial charge in [-0.25, -0.2) is 0 Å². The maximum absolute atomic E-state index is 12.6. The van der Waals surface area contributed by atoms with Crippen molar-refractivity contribution in [1.29, 1.82) is 0 Å². The van der Waals surface area contributed by atoms with Gasteiger partial charge < -0.3 is 19.4 Å². The van der Waals surface area contributed by atoms with Crippen LogP contribution in [0.25, 0.3) is 10.9 Å². The van der Waals surface area contributed by atoms with E-state index in [1.807, 2.05) is 29.2 Å². The average Bonchev–Trinajstić information content (AvgIpc) is 3.28. The number of fused-ring (bicyclic) bond motifs is 1. The Balaban J connectivity index is 0.00000210. The van der Waals surface area contributed by atoms with Gasteiger partial charge in [-0.2, -0.15) is 0 Å². The van der Waals surface area contributed by atoms with Gasteiger partial charge in [0, 0.05) is 44.6 Å². The fraction of sp³-hybridized carbons (Fsp3) is 0.550. The molecule has 0 saturated carbocycles. The molecule has 1 aromatic heterocycles. The summed E-state index contributed by atoms with van der Waals surface area (Å²) < 4.78 is 11.5. The lowest BCUT2D eigenvalue weighted by atomic mass is 10.2. The van der Waals surface area contributed by atoms with Gasteiger partial charge in [0.25, 0.3) is 5.91 Å². The minimum Gasteiger partial charge on any atom is -0.489 e. The van der Waals surface area contributed by atoms with Crippen LogP contribution in [0.4, 0.5) is 0 Å². The van der Waals surface area contributed by atoms with Gasteiger partial charge in [-0.3, -0.25) is 9.69 Å². The van der Waals surface area contributed by atoms with Gasteiger partial charge in [0.15, 0.2) is 0 Å². The van der Waals surface area contributed by atoms with Crippen molar-refractivity contribution in [3.05, 3.63) is 30.0 Å². The molecule has 2 aliphatic heterocycles. The lowest BCUT2D eigenvalue weighted by Crippen LogP contribution is -2.40. The third kappa shape index (κ3) is 3.57. The molecule has 1 unspecified atom stereocenters. The Hall–Kier alpha value is -2.05. The normalized spacial score (nSPS) is 21.7. The molecule has 4 rings (SSSR count). The van der Waals surface area contributed by atoms with Gasteiger partial charge in [0.2, 0.25) is 0 Å². The first-order valence-electron chi connectivity index (χ1n) is 9.50. The maximum Gasteiger partial charge on any atom is 0.270 e. The van der Waals surface area contributed by atoms with E-state index < -0.39 is 0 Å². The molecule has 1 amide bonds. The van der Waals surface area contributed by atoms with Crippen LogP contribution in [0.5, 0.6) is 5.75 Å². The summed E-state index contributed by atoms with van der Waals surface area (Å²) in [4.78, 5) is 20.2. The van der Waals surface area contributed by atoms with Crippen molar-refractivity contribution in [3.63, 3.8) is 0 Å². The summed E-state index contributed by atoms with van der Waals surface area (Å²) in [5, 5.41) is 1.01. The number of nitrogens with one attached hydrogen (secondary N) is 1. The molecule has 0 spiro atoms. The zero-order valence-corrected chi connectivity index (χ0v) is 15.5. The SMILES string of the molecule is CC(C)N1CCC(Oc2ccc3[nH]c(C(=O)N4CCOCC4)cc3c2)C1.[HH]. The van der Waals surface area contributed by atoms with E-state index in [1.54, 1.807) is 0 Å². The van der Waals surface area contributed by atoms with Gasteiger partial charge in [-0.05, 0) is 44.5 Å². The van der Waals surface area contributed by atoms with Crippen molar-refractivity contribution < 1.29 is 15.7 Å². The number of ether oxygens (including phenoxy) is 2. The van der Waals surface area contributed by atoms with Crippen LogP contribution >= 0.6 is 0 Å². The summed E-state index contributed by atoms with van der Waals surface area (Å²) in [5.41, 5.74) is 1.59. The third-order valence-electron chi connectivity index (χ3n) is 5.33. The number of rotatable bonds is 4. The van der Waals surface area contributed by atoms with E-state index in [1.165, 1.54) is 0 Å². The molecule has 2 aliphatic rings. The lowest BCUT2D eigenvalue weighted by Gasteiger charge is -2.26. The Kier molecular flexibility index (Phi) is 4.87. The van der Waals surface area contributed by atoms with E-state index in [4.69, 9.17) is 9.47 Å². The fourth-order valence-electron chi connectivity index (χ4n) is 3.75. The number of nitrogens with zero attached hydrogens (tertiary/aromatic N) is 2. The van der Waals surface area contributed by atoms with Crippen molar-refractivity contribution in [1.82, 2.24) is 14.8 Å². The maximum atomic E-state index is 12.6. The van der Waals surface area contributed by atoms with Crippen LogP contribution < -0.4 is 4.74 Å². The zero-order valence-electron chi connectivity index (χ0n) is 15.5. The minimum atomic E-state index is 0. The number of hydrogen-bond donors (Lipinski definition) is 1. The summed E-state index contributed by atoms with van der Waals surface area (Å²) in [5.74, 6) is 0.910.